The minimum atomic E-state index is -0.203. The minimum absolute atomic E-state index is 0.203. The zero-order chi connectivity index (χ0) is 15.9. The lowest BCUT2D eigenvalue weighted by atomic mass is 10.1. The number of aryl methyl sites for hydroxylation is 2. The maximum Gasteiger partial charge on any atom is 0.191 e. The van der Waals surface area contributed by atoms with Gasteiger partial charge in [0.2, 0.25) is 0 Å². The molecule has 0 aliphatic rings. The Balaban J connectivity index is 1.79. The van der Waals surface area contributed by atoms with E-state index in [1.165, 1.54) is 6.07 Å². The van der Waals surface area contributed by atoms with E-state index in [4.69, 9.17) is 4.42 Å². The van der Waals surface area contributed by atoms with Gasteiger partial charge in [0.1, 0.15) is 17.3 Å². The molecule has 2 N–H and O–H groups in total. The van der Waals surface area contributed by atoms with Crippen molar-refractivity contribution in [3.63, 3.8) is 0 Å². The first-order valence-corrected chi connectivity index (χ1v) is 7.33. The summed E-state index contributed by atoms with van der Waals surface area (Å²) in [5.41, 5.74) is 2.08. The lowest BCUT2D eigenvalue weighted by molar-refractivity contribution is 0.500. The van der Waals surface area contributed by atoms with Crippen molar-refractivity contribution in [1.29, 1.82) is 0 Å². The monoisotopic (exact) mass is 303 g/mol. The van der Waals surface area contributed by atoms with Gasteiger partial charge in [-0.1, -0.05) is 12.1 Å². The van der Waals surface area contributed by atoms with E-state index in [-0.39, 0.29) is 5.82 Å². The van der Waals surface area contributed by atoms with Gasteiger partial charge in [-0.25, -0.2) is 4.39 Å². The third kappa shape index (κ3) is 4.62. The van der Waals surface area contributed by atoms with Crippen LogP contribution in [0.1, 0.15) is 22.6 Å². The number of hydrogen-bond acceptors (Lipinski definition) is 2. The second-order valence-corrected chi connectivity index (χ2v) is 5.17. The average Bonchev–Trinajstić information content (AvgIpc) is 2.80. The Hall–Kier alpha value is -2.30. The molecule has 4 nitrogen and oxygen atoms in total. The van der Waals surface area contributed by atoms with E-state index in [9.17, 15) is 4.39 Å². The quantitative estimate of drug-likeness (QED) is 0.659. The van der Waals surface area contributed by atoms with Gasteiger partial charge in [-0.3, -0.25) is 4.99 Å². The summed E-state index contributed by atoms with van der Waals surface area (Å²) < 4.78 is 18.6. The average molecular weight is 303 g/mol. The van der Waals surface area contributed by atoms with Crippen LogP contribution < -0.4 is 10.6 Å². The second-order valence-electron chi connectivity index (χ2n) is 5.17. The summed E-state index contributed by atoms with van der Waals surface area (Å²) in [6, 6.07) is 8.66. The summed E-state index contributed by atoms with van der Waals surface area (Å²) in [5, 5.41) is 6.46. The molecule has 1 aromatic carbocycles. The van der Waals surface area contributed by atoms with E-state index >= 15 is 0 Å². The molecule has 0 radical (unpaired) electrons. The number of aliphatic imine (C=N–C) groups is 1. The van der Waals surface area contributed by atoms with Gasteiger partial charge >= 0.3 is 0 Å². The summed E-state index contributed by atoms with van der Waals surface area (Å²) in [4.78, 5) is 4.18. The highest BCUT2D eigenvalue weighted by Crippen LogP contribution is 2.12. The Bertz CT molecular complexity index is 649. The fourth-order valence-electron chi connectivity index (χ4n) is 2.28. The maximum atomic E-state index is 13.1. The summed E-state index contributed by atoms with van der Waals surface area (Å²) in [7, 11) is 1.73. The molecule has 5 heteroatoms. The molecular formula is C17H22FN3O. The lowest BCUT2D eigenvalue weighted by Gasteiger charge is -2.11. The van der Waals surface area contributed by atoms with E-state index in [2.05, 4.69) is 15.6 Å². The summed E-state index contributed by atoms with van der Waals surface area (Å²) >= 11 is 0. The third-order valence-corrected chi connectivity index (χ3v) is 3.41. The van der Waals surface area contributed by atoms with E-state index in [1.54, 1.807) is 19.2 Å². The molecule has 2 aromatic rings. The number of benzene rings is 1. The van der Waals surface area contributed by atoms with E-state index in [1.807, 2.05) is 26.0 Å². The molecular weight excluding hydrogens is 281 g/mol. The lowest BCUT2D eigenvalue weighted by Crippen LogP contribution is -2.37. The van der Waals surface area contributed by atoms with Crippen LogP contribution in [-0.2, 0) is 13.0 Å². The fraction of sp³-hybridized carbons (Fsp3) is 0.353. The first-order valence-electron chi connectivity index (χ1n) is 7.33. The van der Waals surface area contributed by atoms with Crippen LogP contribution in [0.3, 0.4) is 0 Å². The van der Waals surface area contributed by atoms with Crippen molar-refractivity contribution in [3.8, 4) is 0 Å². The Morgan fingerprint density at radius 2 is 2.05 bits per heavy atom. The highest BCUT2D eigenvalue weighted by Gasteiger charge is 2.05. The number of furan rings is 1. The predicted molar refractivity (Wildman–Crippen MR) is 86.5 cm³/mol. The van der Waals surface area contributed by atoms with E-state index in [0.717, 1.165) is 35.0 Å². The second kappa shape index (κ2) is 7.64. The number of nitrogens with one attached hydrogen (secondary N) is 2. The highest BCUT2D eigenvalue weighted by molar-refractivity contribution is 5.79. The van der Waals surface area contributed by atoms with Crippen molar-refractivity contribution in [2.75, 3.05) is 13.6 Å². The topological polar surface area (TPSA) is 49.6 Å². The number of hydrogen-bond donors (Lipinski definition) is 2. The van der Waals surface area contributed by atoms with Gasteiger partial charge in [0.05, 0.1) is 0 Å². The van der Waals surface area contributed by atoms with Crippen LogP contribution >= 0.6 is 0 Å². The number of guanidine groups is 1. The van der Waals surface area contributed by atoms with Gasteiger partial charge in [0.15, 0.2) is 5.96 Å². The molecule has 1 aromatic heterocycles. The summed E-state index contributed by atoms with van der Waals surface area (Å²) in [6.45, 7) is 5.22. The zero-order valence-corrected chi connectivity index (χ0v) is 13.2. The van der Waals surface area contributed by atoms with Crippen molar-refractivity contribution in [2.45, 2.75) is 26.8 Å². The molecule has 0 spiro atoms. The Labute approximate surface area is 130 Å². The van der Waals surface area contributed by atoms with E-state index in [0.29, 0.717) is 13.1 Å². The van der Waals surface area contributed by atoms with Crippen molar-refractivity contribution in [1.82, 2.24) is 10.6 Å². The normalized spacial score (nSPS) is 11.5. The first-order chi connectivity index (χ1) is 10.6. The third-order valence-electron chi connectivity index (χ3n) is 3.41. The molecule has 22 heavy (non-hydrogen) atoms. The minimum Gasteiger partial charge on any atom is -0.466 e. The molecule has 0 aliphatic heterocycles. The molecule has 118 valence electrons. The van der Waals surface area contributed by atoms with Crippen LogP contribution in [0.2, 0.25) is 0 Å². The molecule has 0 saturated carbocycles. The van der Waals surface area contributed by atoms with Crippen molar-refractivity contribution >= 4 is 5.96 Å². The van der Waals surface area contributed by atoms with Crippen molar-refractivity contribution in [2.24, 2.45) is 4.99 Å². The van der Waals surface area contributed by atoms with Gasteiger partial charge in [-0.15, -0.1) is 0 Å². The zero-order valence-electron chi connectivity index (χ0n) is 13.2. The van der Waals surface area contributed by atoms with Gasteiger partial charge in [-0.2, -0.15) is 0 Å². The largest absolute Gasteiger partial charge is 0.466 e. The molecule has 1 heterocycles. The van der Waals surface area contributed by atoms with E-state index < -0.39 is 0 Å². The van der Waals surface area contributed by atoms with Crippen LogP contribution in [-0.4, -0.2) is 19.6 Å². The first kappa shape index (κ1) is 16.1. The van der Waals surface area contributed by atoms with Crippen LogP contribution in [0, 0.1) is 19.7 Å². The number of rotatable bonds is 5. The molecule has 0 amide bonds. The van der Waals surface area contributed by atoms with Gasteiger partial charge in [0.25, 0.3) is 0 Å². The number of halogens is 1. The van der Waals surface area contributed by atoms with Crippen LogP contribution in [0.4, 0.5) is 4.39 Å². The van der Waals surface area contributed by atoms with Crippen LogP contribution in [0.5, 0.6) is 0 Å². The molecule has 2 rings (SSSR count). The van der Waals surface area contributed by atoms with Gasteiger partial charge in [0, 0.05) is 25.7 Å². The van der Waals surface area contributed by atoms with Crippen LogP contribution in [0.15, 0.2) is 39.7 Å². The predicted octanol–water partition coefficient (Wildman–Crippen LogP) is 2.94. The van der Waals surface area contributed by atoms with Crippen molar-refractivity contribution < 1.29 is 8.81 Å². The smallest absolute Gasteiger partial charge is 0.191 e. The standard InChI is InChI=1S/C17H22FN3O/c1-12-9-15(13(2)22-12)11-21-17(19-3)20-8-7-14-5-4-6-16(18)10-14/h4-6,9-10H,7-8,11H2,1-3H3,(H2,19,20,21). The van der Waals surface area contributed by atoms with Crippen molar-refractivity contribution in [3.05, 3.63) is 58.8 Å². The summed E-state index contributed by atoms with van der Waals surface area (Å²) in [6.07, 6.45) is 0.738. The molecule has 0 bridgehead atoms. The highest BCUT2D eigenvalue weighted by atomic mass is 19.1. The molecule has 0 aliphatic carbocycles. The molecule has 0 saturated heterocycles. The summed E-state index contributed by atoms with van der Waals surface area (Å²) in [5.74, 6) is 2.34. The molecule has 0 atom stereocenters. The number of nitrogens with zero attached hydrogens (tertiary/aromatic N) is 1. The van der Waals surface area contributed by atoms with Gasteiger partial charge in [-0.05, 0) is 44.0 Å². The Morgan fingerprint density at radius 1 is 1.23 bits per heavy atom. The molecule has 0 unspecified atom stereocenters. The Kier molecular flexibility index (Phi) is 5.58. The fourth-order valence-corrected chi connectivity index (χ4v) is 2.28. The van der Waals surface area contributed by atoms with Gasteiger partial charge < -0.3 is 15.1 Å². The SMILES string of the molecule is CN=C(NCCc1cccc(F)c1)NCc1cc(C)oc1C. The van der Waals surface area contributed by atoms with Crippen LogP contribution in [0.25, 0.3) is 0 Å². The maximum absolute atomic E-state index is 13.1. The Morgan fingerprint density at radius 3 is 2.68 bits per heavy atom. The molecule has 0 fully saturated rings.